The standard InChI is InChI=1S/C14H19N3O2/c1-9-7-14(15)17(16-9)10(2)11-5-6-12(18-3)13(8-11)19-4/h5-8,10H,15H2,1-4H3/t10-/m1/s1. The fourth-order valence-corrected chi connectivity index (χ4v) is 2.10. The maximum atomic E-state index is 5.95. The molecule has 0 saturated heterocycles. The molecule has 0 spiro atoms. The number of ether oxygens (including phenoxy) is 2. The Labute approximate surface area is 112 Å². The molecular formula is C14H19N3O2. The first-order valence-corrected chi connectivity index (χ1v) is 6.10. The van der Waals surface area contributed by atoms with E-state index in [9.17, 15) is 0 Å². The van der Waals surface area contributed by atoms with E-state index < -0.39 is 0 Å². The van der Waals surface area contributed by atoms with E-state index in [0.717, 1.165) is 11.3 Å². The summed E-state index contributed by atoms with van der Waals surface area (Å²) in [4.78, 5) is 0. The lowest BCUT2D eigenvalue weighted by Gasteiger charge is -2.16. The van der Waals surface area contributed by atoms with Crippen LogP contribution in [0.4, 0.5) is 5.82 Å². The summed E-state index contributed by atoms with van der Waals surface area (Å²) in [5.41, 5.74) is 7.92. The number of methoxy groups -OCH3 is 2. The normalized spacial score (nSPS) is 12.2. The van der Waals surface area contributed by atoms with Gasteiger partial charge in [0.1, 0.15) is 5.82 Å². The zero-order valence-corrected chi connectivity index (χ0v) is 11.7. The van der Waals surface area contributed by atoms with Crippen molar-refractivity contribution in [1.82, 2.24) is 9.78 Å². The monoisotopic (exact) mass is 261 g/mol. The Morgan fingerprint density at radius 1 is 1.16 bits per heavy atom. The minimum absolute atomic E-state index is 0.0357. The minimum Gasteiger partial charge on any atom is -0.493 e. The molecule has 1 aromatic heterocycles. The Kier molecular flexibility index (Phi) is 3.64. The van der Waals surface area contributed by atoms with E-state index >= 15 is 0 Å². The summed E-state index contributed by atoms with van der Waals surface area (Å²) < 4.78 is 12.3. The molecule has 5 nitrogen and oxygen atoms in total. The van der Waals surface area contributed by atoms with Crippen molar-refractivity contribution in [3.8, 4) is 11.5 Å². The number of aromatic nitrogens is 2. The fraction of sp³-hybridized carbons (Fsp3) is 0.357. The highest BCUT2D eigenvalue weighted by molar-refractivity contribution is 5.44. The van der Waals surface area contributed by atoms with Gasteiger partial charge in [-0.3, -0.25) is 0 Å². The van der Waals surface area contributed by atoms with Crippen LogP contribution in [0.1, 0.15) is 24.2 Å². The molecular weight excluding hydrogens is 242 g/mol. The highest BCUT2D eigenvalue weighted by Crippen LogP contribution is 2.31. The molecule has 0 aliphatic rings. The van der Waals surface area contributed by atoms with Gasteiger partial charge in [0.2, 0.25) is 0 Å². The molecule has 2 N–H and O–H groups in total. The molecule has 0 aliphatic carbocycles. The number of benzene rings is 1. The van der Waals surface area contributed by atoms with E-state index in [4.69, 9.17) is 15.2 Å². The van der Waals surface area contributed by atoms with Crippen molar-refractivity contribution in [2.45, 2.75) is 19.9 Å². The van der Waals surface area contributed by atoms with Crippen molar-refractivity contribution in [2.24, 2.45) is 0 Å². The van der Waals surface area contributed by atoms with E-state index in [1.165, 1.54) is 0 Å². The third-order valence-corrected chi connectivity index (χ3v) is 3.14. The molecule has 1 atom stereocenters. The summed E-state index contributed by atoms with van der Waals surface area (Å²) in [6.45, 7) is 3.97. The smallest absolute Gasteiger partial charge is 0.161 e. The topological polar surface area (TPSA) is 62.3 Å². The van der Waals surface area contributed by atoms with Gasteiger partial charge in [-0.2, -0.15) is 5.10 Å². The number of nitrogens with two attached hydrogens (primary N) is 1. The molecule has 0 saturated carbocycles. The van der Waals surface area contributed by atoms with Gasteiger partial charge in [0.05, 0.1) is 26.0 Å². The van der Waals surface area contributed by atoms with Crippen LogP contribution in [0.2, 0.25) is 0 Å². The van der Waals surface area contributed by atoms with Gasteiger partial charge >= 0.3 is 0 Å². The molecule has 0 fully saturated rings. The third-order valence-electron chi connectivity index (χ3n) is 3.14. The average Bonchev–Trinajstić information content (AvgIpc) is 2.76. The highest BCUT2D eigenvalue weighted by Gasteiger charge is 2.14. The second-order valence-electron chi connectivity index (χ2n) is 4.45. The molecule has 0 amide bonds. The Morgan fingerprint density at radius 2 is 1.84 bits per heavy atom. The summed E-state index contributed by atoms with van der Waals surface area (Å²) in [7, 11) is 3.24. The van der Waals surface area contributed by atoms with Crippen molar-refractivity contribution < 1.29 is 9.47 Å². The van der Waals surface area contributed by atoms with Crippen LogP contribution in [-0.2, 0) is 0 Å². The summed E-state index contributed by atoms with van der Waals surface area (Å²) in [5.74, 6) is 2.07. The number of rotatable bonds is 4. The van der Waals surface area contributed by atoms with Crippen LogP contribution in [0.15, 0.2) is 24.3 Å². The number of nitrogen functional groups attached to an aromatic ring is 1. The van der Waals surface area contributed by atoms with Gasteiger partial charge in [-0.05, 0) is 31.5 Å². The molecule has 2 rings (SSSR count). The quantitative estimate of drug-likeness (QED) is 0.918. The predicted octanol–water partition coefficient (Wildman–Crippen LogP) is 2.40. The molecule has 1 aromatic carbocycles. The van der Waals surface area contributed by atoms with Crippen molar-refractivity contribution in [2.75, 3.05) is 20.0 Å². The van der Waals surface area contributed by atoms with Crippen LogP contribution in [-0.4, -0.2) is 24.0 Å². The van der Waals surface area contributed by atoms with Crippen molar-refractivity contribution in [3.05, 3.63) is 35.5 Å². The van der Waals surface area contributed by atoms with Crippen molar-refractivity contribution in [3.63, 3.8) is 0 Å². The van der Waals surface area contributed by atoms with Gasteiger partial charge in [-0.15, -0.1) is 0 Å². The number of nitrogens with zero attached hydrogens (tertiary/aromatic N) is 2. The maximum Gasteiger partial charge on any atom is 0.161 e. The summed E-state index contributed by atoms with van der Waals surface area (Å²) in [6, 6.07) is 7.71. The van der Waals surface area contributed by atoms with E-state index in [0.29, 0.717) is 17.3 Å². The van der Waals surface area contributed by atoms with E-state index in [2.05, 4.69) is 5.10 Å². The molecule has 102 valence electrons. The van der Waals surface area contributed by atoms with Gasteiger partial charge < -0.3 is 15.2 Å². The maximum absolute atomic E-state index is 5.95. The van der Waals surface area contributed by atoms with Gasteiger partial charge in [-0.25, -0.2) is 4.68 Å². The largest absolute Gasteiger partial charge is 0.493 e. The number of anilines is 1. The number of aryl methyl sites for hydroxylation is 1. The Balaban J connectivity index is 2.39. The van der Waals surface area contributed by atoms with Gasteiger partial charge in [-0.1, -0.05) is 6.07 Å². The lowest BCUT2D eigenvalue weighted by molar-refractivity contribution is 0.354. The summed E-state index contributed by atoms with van der Waals surface area (Å²) >= 11 is 0. The van der Waals surface area contributed by atoms with Crippen molar-refractivity contribution in [1.29, 1.82) is 0 Å². The van der Waals surface area contributed by atoms with Crippen LogP contribution >= 0.6 is 0 Å². The van der Waals surface area contributed by atoms with Crippen LogP contribution < -0.4 is 15.2 Å². The first-order valence-electron chi connectivity index (χ1n) is 6.10. The number of hydrogen-bond donors (Lipinski definition) is 1. The lowest BCUT2D eigenvalue weighted by Crippen LogP contribution is -2.11. The Morgan fingerprint density at radius 3 is 2.37 bits per heavy atom. The predicted molar refractivity (Wildman–Crippen MR) is 74.7 cm³/mol. The summed E-state index contributed by atoms with van der Waals surface area (Å²) in [6.07, 6.45) is 0. The van der Waals surface area contributed by atoms with E-state index in [-0.39, 0.29) is 6.04 Å². The lowest BCUT2D eigenvalue weighted by atomic mass is 10.1. The molecule has 0 bridgehead atoms. The van der Waals surface area contributed by atoms with Crippen molar-refractivity contribution >= 4 is 5.82 Å². The Bertz CT molecular complexity index is 578. The third kappa shape index (κ3) is 2.50. The van der Waals surface area contributed by atoms with Crippen LogP contribution in [0.3, 0.4) is 0 Å². The van der Waals surface area contributed by atoms with E-state index in [1.54, 1.807) is 18.9 Å². The second-order valence-corrected chi connectivity index (χ2v) is 4.45. The van der Waals surface area contributed by atoms with Gasteiger partial charge in [0.15, 0.2) is 11.5 Å². The van der Waals surface area contributed by atoms with Crippen LogP contribution in [0, 0.1) is 6.92 Å². The SMILES string of the molecule is COc1ccc([C@@H](C)n2nc(C)cc2N)cc1OC. The number of hydrogen-bond acceptors (Lipinski definition) is 4. The zero-order chi connectivity index (χ0) is 14.0. The van der Waals surface area contributed by atoms with Crippen LogP contribution in [0.25, 0.3) is 0 Å². The average molecular weight is 261 g/mol. The molecule has 0 radical (unpaired) electrons. The summed E-state index contributed by atoms with van der Waals surface area (Å²) in [5, 5.41) is 4.40. The van der Waals surface area contributed by atoms with Crippen LogP contribution in [0.5, 0.6) is 11.5 Å². The molecule has 0 aliphatic heterocycles. The molecule has 0 unspecified atom stereocenters. The fourth-order valence-electron chi connectivity index (χ4n) is 2.10. The Hall–Kier alpha value is -2.17. The van der Waals surface area contributed by atoms with Gasteiger partial charge in [0.25, 0.3) is 0 Å². The zero-order valence-electron chi connectivity index (χ0n) is 11.7. The molecule has 5 heteroatoms. The molecule has 1 heterocycles. The molecule has 19 heavy (non-hydrogen) atoms. The minimum atomic E-state index is 0.0357. The first kappa shape index (κ1) is 13.3. The first-order chi connectivity index (χ1) is 9.06. The van der Waals surface area contributed by atoms with E-state index in [1.807, 2.05) is 38.1 Å². The highest BCUT2D eigenvalue weighted by atomic mass is 16.5. The molecule has 2 aromatic rings. The van der Waals surface area contributed by atoms with Gasteiger partial charge in [0, 0.05) is 6.07 Å². The second kappa shape index (κ2) is 5.22.